The topological polar surface area (TPSA) is 51.0 Å². The summed E-state index contributed by atoms with van der Waals surface area (Å²) >= 11 is 1.87. The second kappa shape index (κ2) is 6.10. The highest BCUT2D eigenvalue weighted by Gasteiger charge is 2.09. The Morgan fingerprint density at radius 2 is 2.00 bits per heavy atom. The van der Waals surface area contributed by atoms with Crippen LogP contribution >= 0.6 is 11.3 Å². The van der Waals surface area contributed by atoms with Crippen molar-refractivity contribution < 1.29 is 4.42 Å². The van der Waals surface area contributed by atoms with Gasteiger partial charge in [0.15, 0.2) is 0 Å². The molecule has 1 aromatic carbocycles. The smallest absolute Gasteiger partial charge is 0.247 e. The Bertz CT molecular complexity index is 689. The number of nitrogens with zero attached hydrogens (tertiary/aromatic N) is 2. The number of anilines is 1. The molecule has 1 N–H and O–H groups in total. The van der Waals surface area contributed by atoms with Crippen molar-refractivity contribution in [2.45, 2.75) is 26.3 Å². The maximum Gasteiger partial charge on any atom is 0.247 e. The summed E-state index contributed by atoms with van der Waals surface area (Å²) in [5.41, 5.74) is 2.01. The van der Waals surface area contributed by atoms with E-state index in [1.54, 1.807) is 0 Å². The van der Waals surface area contributed by atoms with Gasteiger partial charge in [0.1, 0.15) is 0 Å². The van der Waals surface area contributed by atoms with Crippen LogP contribution in [0.25, 0.3) is 11.5 Å². The van der Waals surface area contributed by atoms with Gasteiger partial charge in [0.05, 0.1) is 6.04 Å². The molecule has 0 spiro atoms. The van der Waals surface area contributed by atoms with Crippen LogP contribution in [0.2, 0.25) is 0 Å². The molecule has 3 rings (SSSR count). The third-order valence-electron chi connectivity index (χ3n) is 3.33. The monoisotopic (exact) mass is 299 g/mol. The summed E-state index contributed by atoms with van der Waals surface area (Å²) in [5.74, 6) is 0.542. The first-order valence-corrected chi connectivity index (χ1v) is 7.79. The van der Waals surface area contributed by atoms with Crippen molar-refractivity contribution >= 4 is 17.0 Å². The Morgan fingerprint density at radius 1 is 1.19 bits per heavy atom. The summed E-state index contributed by atoms with van der Waals surface area (Å²) in [6, 6.07) is 12.7. The first kappa shape index (κ1) is 13.8. The molecule has 0 aliphatic rings. The molecule has 0 radical (unpaired) electrons. The summed E-state index contributed by atoms with van der Waals surface area (Å²) in [6.07, 6.45) is 2.43. The molecule has 2 aromatic heterocycles. The average molecular weight is 299 g/mol. The minimum atomic E-state index is 0.296. The molecule has 0 aliphatic carbocycles. The van der Waals surface area contributed by atoms with Crippen molar-refractivity contribution in [3.05, 3.63) is 52.5 Å². The molecular weight excluding hydrogens is 282 g/mol. The number of aromatic nitrogens is 2. The van der Waals surface area contributed by atoms with Crippen molar-refractivity contribution in [3.63, 3.8) is 0 Å². The summed E-state index contributed by atoms with van der Waals surface area (Å²) < 4.78 is 5.18. The van der Waals surface area contributed by atoms with Gasteiger partial charge in [-0.05, 0) is 49.7 Å². The van der Waals surface area contributed by atoms with Crippen molar-refractivity contribution in [1.82, 2.24) is 10.2 Å². The van der Waals surface area contributed by atoms with E-state index >= 15 is 0 Å². The predicted molar refractivity (Wildman–Crippen MR) is 85.5 cm³/mol. The van der Waals surface area contributed by atoms with E-state index in [2.05, 4.69) is 41.5 Å². The minimum Gasteiger partial charge on any atom is -0.423 e. The molecule has 3 aromatic rings. The van der Waals surface area contributed by atoms with Crippen molar-refractivity contribution in [3.8, 4) is 11.5 Å². The first-order valence-electron chi connectivity index (χ1n) is 6.98. The molecule has 2 heterocycles. The van der Waals surface area contributed by atoms with E-state index in [1.165, 1.54) is 16.1 Å². The molecule has 0 bridgehead atoms. The molecule has 4 nitrogen and oxygen atoms in total. The fraction of sp³-hybridized carbons (Fsp3) is 0.250. The zero-order chi connectivity index (χ0) is 14.7. The molecule has 0 saturated heterocycles. The van der Waals surface area contributed by atoms with E-state index in [0.717, 1.165) is 17.7 Å². The van der Waals surface area contributed by atoms with Crippen LogP contribution in [-0.2, 0) is 6.42 Å². The maximum absolute atomic E-state index is 5.18. The Morgan fingerprint density at radius 3 is 2.62 bits per heavy atom. The lowest BCUT2D eigenvalue weighted by Gasteiger charge is -2.13. The van der Waals surface area contributed by atoms with E-state index in [9.17, 15) is 0 Å². The van der Waals surface area contributed by atoms with Gasteiger partial charge in [-0.3, -0.25) is 0 Å². The Balaban J connectivity index is 1.70. The van der Waals surface area contributed by atoms with Gasteiger partial charge < -0.3 is 9.73 Å². The number of nitrogens with one attached hydrogen (secondary N) is 1. The highest BCUT2D eigenvalue weighted by molar-refractivity contribution is 7.12. The molecule has 0 saturated carbocycles. The number of benzene rings is 1. The average Bonchev–Trinajstić information content (AvgIpc) is 3.19. The van der Waals surface area contributed by atoms with E-state index in [4.69, 9.17) is 4.42 Å². The van der Waals surface area contributed by atoms with Crippen molar-refractivity contribution in [2.75, 3.05) is 5.32 Å². The minimum absolute atomic E-state index is 0.296. The lowest BCUT2D eigenvalue weighted by atomic mass is 10.2. The molecule has 0 aliphatic heterocycles. The summed E-state index contributed by atoms with van der Waals surface area (Å²) in [6.45, 7) is 4.36. The SMILES string of the molecule is CCc1ccc(C(C)Nc2ccc(-c3nnco3)cc2)s1. The van der Waals surface area contributed by atoms with Gasteiger partial charge in [0.25, 0.3) is 0 Å². The van der Waals surface area contributed by atoms with Crippen LogP contribution in [0.1, 0.15) is 29.6 Å². The van der Waals surface area contributed by atoms with Crippen molar-refractivity contribution in [2.24, 2.45) is 0 Å². The van der Waals surface area contributed by atoms with Gasteiger partial charge in [-0.1, -0.05) is 6.92 Å². The zero-order valence-electron chi connectivity index (χ0n) is 12.0. The number of hydrogen-bond acceptors (Lipinski definition) is 5. The first-order chi connectivity index (χ1) is 10.3. The van der Waals surface area contributed by atoms with Gasteiger partial charge in [-0.15, -0.1) is 21.5 Å². The van der Waals surface area contributed by atoms with E-state index in [1.807, 2.05) is 35.6 Å². The highest BCUT2D eigenvalue weighted by atomic mass is 32.1. The molecule has 21 heavy (non-hydrogen) atoms. The second-order valence-corrected chi connectivity index (χ2v) is 6.04. The normalized spacial score (nSPS) is 12.3. The summed E-state index contributed by atoms with van der Waals surface area (Å²) in [5, 5.41) is 11.1. The molecule has 1 atom stereocenters. The summed E-state index contributed by atoms with van der Waals surface area (Å²) in [4.78, 5) is 2.78. The quantitative estimate of drug-likeness (QED) is 0.751. The van der Waals surface area contributed by atoms with Gasteiger partial charge in [-0.25, -0.2) is 0 Å². The summed E-state index contributed by atoms with van der Waals surface area (Å²) in [7, 11) is 0. The van der Waals surface area contributed by atoms with E-state index in [0.29, 0.717) is 11.9 Å². The lowest BCUT2D eigenvalue weighted by Crippen LogP contribution is -2.04. The second-order valence-electron chi connectivity index (χ2n) is 4.84. The Hall–Kier alpha value is -2.14. The van der Waals surface area contributed by atoms with Crippen LogP contribution in [0.15, 0.2) is 47.2 Å². The number of aryl methyl sites for hydroxylation is 1. The zero-order valence-corrected chi connectivity index (χ0v) is 12.9. The maximum atomic E-state index is 5.18. The standard InChI is InChI=1S/C16H17N3OS/c1-3-14-8-9-15(21-14)11(2)18-13-6-4-12(5-7-13)16-19-17-10-20-16/h4-11,18H,3H2,1-2H3. The van der Waals surface area contributed by atoms with Crippen LogP contribution < -0.4 is 5.32 Å². The van der Waals surface area contributed by atoms with Crippen LogP contribution in [0.3, 0.4) is 0 Å². The van der Waals surface area contributed by atoms with Gasteiger partial charge in [0, 0.05) is 21.0 Å². The molecule has 1 unspecified atom stereocenters. The van der Waals surface area contributed by atoms with E-state index in [-0.39, 0.29) is 0 Å². The molecule has 108 valence electrons. The molecular formula is C16H17N3OS. The fourth-order valence-corrected chi connectivity index (χ4v) is 3.10. The number of rotatable bonds is 5. The number of thiophene rings is 1. The van der Waals surface area contributed by atoms with Crippen LogP contribution in [0.5, 0.6) is 0 Å². The van der Waals surface area contributed by atoms with Crippen molar-refractivity contribution in [1.29, 1.82) is 0 Å². The lowest BCUT2D eigenvalue weighted by molar-refractivity contribution is 0.568. The van der Waals surface area contributed by atoms with Gasteiger partial charge >= 0.3 is 0 Å². The van der Waals surface area contributed by atoms with Crippen LogP contribution in [-0.4, -0.2) is 10.2 Å². The Labute approximate surface area is 127 Å². The molecule has 0 fully saturated rings. The largest absolute Gasteiger partial charge is 0.423 e. The fourth-order valence-electron chi connectivity index (χ4n) is 2.15. The molecule has 5 heteroatoms. The highest BCUT2D eigenvalue weighted by Crippen LogP contribution is 2.27. The van der Waals surface area contributed by atoms with E-state index < -0.39 is 0 Å². The predicted octanol–water partition coefficient (Wildman–Crippen LogP) is 4.53. The third kappa shape index (κ3) is 3.13. The van der Waals surface area contributed by atoms with Crippen LogP contribution in [0.4, 0.5) is 5.69 Å². The molecule has 0 amide bonds. The Kier molecular flexibility index (Phi) is 4.01. The number of hydrogen-bond donors (Lipinski definition) is 1. The van der Waals surface area contributed by atoms with Crippen LogP contribution in [0, 0.1) is 0 Å². The third-order valence-corrected chi connectivity index (χ3v) is 4.75. The van der Waals surface area contributed by atoms with Gasteiger partial charge in [0.2, 0.25) is 12.3 Å². The van der Waals surface area contributed by atoms with Gasteiger partial charge in [-0.2, -0.15) is 0 Å².